The van der Waals surface area contributed by atoms with E-state index < -0.39 is 0 Å². The number of thiazole rings is 1. The summed E-state index contributed by atoms with van der Waals surface area (Å²) in [6, 6.07) is 0. The Bertz CT molecular complexity index is 273. The summed E-state index contributed by atoms with van der Waals surface area (Å²) >= 11 is 1.80. The molecule has 1 rings (SSSR count). The van der Waals surface area contributed by atoms with Gasteiger partial charge in [-0.3, -0.25) is 0 Å². The number of aromatic nitrogens is 1. The molecule has 0 amide bonds. The molecule has 0 radical (unpaired) electrons. The van der Waals surface area contributed by atoms with Gasteiger partial charge in [0.15, 0.2) is 0 Å². The molecule has 1 N–H and O–H groups in total. The Kier molecular flexibility index (Phi) is 5.83. The van der Waals surface area contributed by atoms with Crippen molar-refractivity contribution in [1.82, 2.24) is 10.3 Å². The fourth-order valence-corrected chi connectivity index (χ4v) is 2.36. The van der Waals surface area contributed by atoms with Gasteiger partial charge in [0.25, 0.3) is 0 Å². The van der Waals surface area contributed by atoms with Crippen molar-refractivity contribution in [2.45, 2.75) is 26.8 Å². The Morgan fingerprint density at radius 3 is 3.00 bits per heavy atom. The topological polar surface area (TPSA) is 34.1 Å². The molecule has 0 atom stereocenters. The molecular formula is C11H20N2OS. The third kappa shape index (κ3) is 5.25. The lowest BCUT2D eigenvalue weighted by Crippen LogP contribution is -2.17. The Balaban J connectivity index is 2.26. The first-order valence-corrected chi connectivity index (χ1v) is 6.17. The summed E-state index contributed by atoms with van der Waals surface area (Å²) in [4.78, 5) is 5.71. The molecule has 0 aliphatic rings. The van der Waals surface area contributed by atoms with E-state index in [4.69, 9.17) is 4.74 Å². The molecule has 0 aliphatic carbocycles. The van der Waals surface area contributed by atoms with E-state index in [-0.39, 0.29) is 0 Å². The second kappa shape index (κ2) is 6.93. The van der Waals surface area contributed by atoms with E-state index >= 15 is 0 Å². The highest BCUT2D eigenvalue weighted by atomic mass is 32.1. The summed E-state index contributed by atoms with van der Waals surface area (Å²) in [5.74, 6) is 0.686. The number of rotatable bonds is 7. The van der Waals surface area contributed by atoms with Crippen LogP contribution in [0.15, 0.2) is 6.20 Å². The minimum absolute atomic E-state index is 0.686. The van der Waals surface area contributed by atoms with E-state index in [0.29, 0.717) is 5.92 Å². The first kappa shape index (κ1) is 12.6. The zero-order valence-electron chi connectivity index (χ0n) is 9.75. The van der Waals surface area contributed by atoms with Crippen molar-refractivity contribution < 1.29 is 4.74 Å². The smallest absolute Gasteiger partial charge is 0.0930 e. The van der Waals surface area contributed by atoms with Gasteiger partial charge in [0.2, 0.25) is 0 Å². The molecule has 4 heteroatoms. The summed E-state index contributed by atoms with van der Waals surface area (Å²) in [6.07, 6.45) is 3.06. The molecule has 0 saturated heterocycles. The maximum Gasteiger partial charge on any atom is 0.0930 e. The first-order chi connectivity index (χ1) is 7.22. The molecule has 86 valence electrons. The van der Waals surface area contributed by atoms with E-state index in [1.807, 2.05) is 6.20 Å². The molecule has 0 aromatic carbocycles. The van der Waals surface area contributed by atoms with Crippen LogP contribution in [0, 0.1) is 5.92 Å². The minimum Gasteiger partial charge on any atom is -0.383 e. The van der Waals surface area contributed by atoms with Crippen LogP contribution < -0.4 is 5.32 Å². The monoisotopic (exact) mass is 228 g/mol. The maximum absolute atomic E-state index is 4.96. The third-order valence-corrected chi connectivity index (χ3v) is 2.99. The van der Waals surface area contributed by atoms with Crippen molar-refractivity contribution in [1.29, 1.82) is 0 Å². The van der Waals surface area contributed by atoms with Crippen LogP contribution in [0.1, 0.15) is 23.7 Å². The van der Waals surface area contributed by atoms with Crippen molar-refractivity contribution in [3.05, 3.63) is 16.1 Å². The van der Waals surface area contributed by atoms with Crippen molar-refractivity contribution in [3.8, 4) is 0 Å². The number of hydrogen-bond donors (Lipinski definition) is 1. The van der Waals surface area contributed by atoms with Gasteiger partial charge in [0.05, 0.1) is 11.6 Å². The van der Waals surface area contributed by atoms with E-state index in [1.54, 1.807) is 18.4 Å². The van der Waals surface area contributed by atoms with Gasteiger partial charge < -0.3 is 10.1 Å². The van der Waals surface area contributed by atoms with E-state index in [2.05, 4.69) is 24.1 Å². The van der Waals surface area contributed by atoms with E-state index in [0.717, 1.165) is 26.1 Å². The summed E-state index contributed by atoms with van der Waals surface area (Å²) in [5, 5.41) is 4.56. The van der Waals surface area contributed by atoms with Crippen LogP contribution in [0.25, 0.3) is 0 Å². The van der Waals surface area contributed by atoms with Gasteiger partial charge in [-0.1, -0.05) is 13.8 Å². The van der Waals surface area contributed by atoms with Crippen LogP contribution in [0.2, 0.25) is 0 Å². The standard InChI is InChI=1S/C11H20N2OS/c1-9(2)6-11-13-8-10(15-11)7-12-4-5-14-3/h8-9,12H,4-7H2,1-3H3. The number of nitrogens with one attached hydrogen (secondary N) is 1. The summed E-state index contributed by atoms with van der Waals surface area (Å²) < 4.78 is 4.96. The van der Waals surface area contributed by atoms with Crippen molar-refractivity contribution in [2.75, 3.05) is 20.3 Å². The molecule has 0 bridgehead atoms. The fourth-order valence-electron chi connectivity index (χ4n) is 1.26. The molecule has 1 aromatic rings. The van der Waals surface area contributed by atoms with E-state index in [9.17, 15) is 0 Å². The third-order valence-electron chi connectivity index (χ3n) is 1.97. The lowest BCUT2D eigenvalue weighted by Gasteiger charge is -2.01. The van der Waals surface area contributed by atoms with Gasteiger partial charge >= 0.3 is 0 Å². The fraction of sp³-hybridized carbons (Fsp3) is 0.727. The van der Waals surface area contributed by atoms with Gasteiger partial charge in [-0.25, -0.2) is 4.98 Å². The summed E-state index contributed by atoms with van der Waals surface area (Å²) in [5.41, 5.74) is 0. The lowest BCUT2D eigenvalue weighted by molar-refractivity contribution is 0.199. The summed E-state index contributed by atoms with van der Waals surface area (Å²) in [7, 11) is 1.72. The molecule has 0 spiro atoms. The van der Waals surface area contributed by atoms with Crippen LogP contribution in [0.4, 0.5) is 0 Å². The number of ether oxygens (including phenoxy) is 1. The minimum atomic E-state index is 0.686. The SMILES string of the molecule is COCCNCc1cnc(CC(C)C)s1. The highest BCUT2D eigenvalue weighted by Gasteiger charge is 2.03. The van der Waals surface area contributed by atoms with Crippen molar-refractivity contribution >= 4 is 11.3 Å². The van der Waals surface area contributed by atoms with Gasteiger partial charge in [-0.05, 0) is 5.92 Å². The van der Waals surface area contributed by atoms with Crippen LogP contribution in [0.5, 0.6) is 0 Å². The molecule has 1 aromatic heterocycles. The van der Waals surface area contributed by atoms with Gasteiger partial charge in [0.1, 0.15) is 0 Å². The van der Waals surface area contributed by atoms with Crippen LogP contribution in [-0.4, -0.2) is 25.2 Å². The van der Waals surface area contributed by atoms with Gasteiger partial charge in [0, 0.05) is 37.7 Å². The molecular weight excluding hydrogens is 208 g/mol. The number of nitrogens with zero attached hydrogens (tertiary/aromatic N) is 1. The zero-order chi connectivity index (χ0) is 11.1. The predicted octanol–water partition coefficient (Wildman–Crippen LogP) is 2.08. The highest BCUT2D eigenvalue weighted by molar-refractivity contribution is 7.11. The number of methoxy groups -OCH3 is 1. The quantitative estimate of drug-likeness (QED) is 0.726. The Morgan fingerprint density at radius 2 is 2.33 bits per heavy atom. The highest BCUT2D eigenvalue weighted by Crippen LogP contribution is 2.16. The average Bonchev–Trinajstić information content (AvgIpc) is 2.59. The molecule has 0 aliphatic heterocycles. The van der Waals surface area contributed by atoms with Crippen molar-refractivity contribution in [2.24, 2.45) is 5.92 Å². The van der Waals surface area contributed by atoms with Crippen LogP contribution in [-0.2, 0) is 17.7 Å². The average molecular weight is 228 g/mol. The Hall–Kier alpha value is -0.450. The second-order valence-corrected chi connectivity index (χ2v) is 5.19. The molecule has 3 nitrogen and oxygen atoms in total. The normalized spacial score (nSPS) is 11.2. The van der Waals surface area contributed by atoms with Gasteiger partial charge in [-0.2, -0.15) is 0 Å². The van der Waals surface area contributed by atoms with E-state index in [1.165, 1.54) is 9.88 Å². The van der Waals surface area contributed by atoms with Crippen molar-refractivity contribution in [3.63, 3.8) is 0 Å². The largest absolute Gasteiger partial charge is 0.383 e. The summed E-state index contributed by atoms with van der Waals surface area (Å²) in [6.45, 7) is 7.00. The van der Waals surface area contributed by atoms with Crippen LogP contribution in [0.3, 0.4) is 0 Å². The van der Waals surface area contributed by atoms with Crippen LogP contribution >= 0.6 is 11.3 Å². The predicted molar refractivity (Wildman–Crippen MR) is 64.2 cm³/mol. The zero-order valence-corrected chi connectivity index (χ0v) is 10.6. The van der Waals surface area contributed by atoms with Gasteiger partial charge in [-0.15, -0.1) is 11.3 Å². The molecule has 1 heterocycles. The molecule has 0 unspecified atom stereocenters. The Morgan fingerprint density at radius 1 is 1.53 bits per heavy atom. The number of hydrogen-bond acceptors (Lipinski definition) is 4. The molecule has 0 saturated carbocycles. The first-order valence-electron chi connectivity index (χ1n) is 5.35. The lowest BCUT2D eigenvalue weighted by atomic mass is 10.1. The molecule has 15 heavy (non-hydrogen) atoms. The maximum atomic E-state index is 4.96. The Labute approximate surface area is 95.9 Å². The second-order valence-electron chi connectivity index (χ2n) is 3.99. The molecule has 0 fully saturated rings.